The van der Waals surface area contributed by atoms with Gasteiger partial charge in [0.05, 0.1) is 23.8 Å². The van der Waals surface area contributed by atoms with E-state index in [0.717, 1.165) is 16.5 Å². The minimum atomic E-state index is -0.436. The fraction of sp³-hybridized carbons (Fsp3) is 0.188. The van der Waals surface area contributed by atoms with Crippen LogP contribution < -0.4 is 10.1 Å². The Morgan fingerprint density at radius 1 is 1.26 bits per heavy atom. The maximum Gasteiger partial charge on any atom is 0.213 e. The van der Waals surface area contributed by atoms with Crippen LogP contribution in [0.2, 0.25) is 5.02 Å². The molecule has 0 fully saturated rings. The Bertz CT molecular complexity index is 872. The molecule has 0 amide bonds. The molecular formula is C16H14ClFN4O. The van der Waals surface area contributed by atoms with Gasteiger partial charge in [0.25, 0.3) is 0 Å². The van der Waals surface area contributed by atoms with Gasteiger partial charge < -0.3 is 10.1 Å². The summed E-state index contributed by atoms with van der Waals surface area (Å²) < 4.78 is 18.4. The molecule has 0 atom stereocenters. The van der Waals surface area contributed by atoms with Gasteiger partial charge in [0, 0.05) is 18.0 Å². The molecule has 1 aromatic carbocycles. The number of aromatic nitrogens is 3. The van der Waals surface area contributed by atoms with E-state index in [1.807, 2.05) is 6.92 Å². The van der Waals surface area contributed by atoms with Crippen LogP contribution in [0.1, 0.15) is 11.4 Å². The third kappa shape index (κ3) is 3.32. The number of ether oxygens (including phenoxy) is 1. The third-order valence-electron chi connectivity index (χ3n) is 3.32. The normalized spacial score (nSPS) is 10.8. The monoisotopic (exact) mass is 332 g/mol. The first-order valence-electron chi connectivity index (χ1n) is 6.93. The smallest absolute Gasteiger partial charge is 0.213 e. The van der Waals surface area contributed by atoms with Gasteiger partial charge in [-0.1, -0.05) is 17.7 Å². The molecule has 3 aromatic rings. The van der Waals surface area contributed by atoms with Gasteiger partial charge in [-0.05, 0) is 24.6 Å². The molecule has 3 rings (SSSR count). The zero-order valence-electron chi connectivity index (χ0n) is 12.6. The zero-order valence-corrected chi connectivity index (χ0v) is 13.4. The van der Waals surface area contributed by atoms with Gasteiger partial charge in [-0.25, -0.2) is 19.3 Å². The lowest BCUT2D eigenvalue weighted by molar-refractivity contribution is 0.398. The standard InChI is InChI=1S/C16H14ClFN4O/c1-9-21-14-8-19-15(23-2)6-11(14)16(22-9)20-7-10-3-4-13(18)12(17)5-10/h3-6,8H,7H2,1-2H3,(H,20,21,22). The second kappa shape index (κ2) is 6.34. The predicted octanol–water partition coefficient (Wildman–Crippen LogP) is 3.75. The Kier molecular flexibility index (Phi) is 4.25. The number of benzene rings is 1. The van der Waals surface area contributed by atoms with Crippen LogP contribution in [0.15, 0.2) is 30.5 Å². The van der Waals surface area contributed by atoms with Gasteiger partial charge >= 0.3 is 0 Å². The molecule has 0 saturated heterocycles. The predicted molar refractivity (Wildman–Crippen MR) is 87.4 cm³/mol. The SMILES string of the molecule is COc1cc2c(NCc3ccc(F)c(Cl)c3)nc(C)nc2cn1. The van der Waals surface area contributed by atoms with Crippen molar-refractivity contribution in [3.05, 3.63) is 52.7 Å². The van der Waals surface area contributed by atoms with Crippen molar-refractivity contribution in [2.45, 2.75) is 13.5 Å². The Balaban J connectivity index is 1.93. The van der Waals surface area contributed by atoms with E-state index in [0.29, 0.717) is 24.1 Å². The molecule has 0 aliphatic carbocycles. The van der Waals surface area contributed by atoms with Crippen LogP contribution in [0.25, 0.3) is 10.9 Å². The van der Waals surface area contributed by atoms with E-state index >= 15 is 0 Å². The summed E-state index contributed by atoms with van der Waals surface area (Å²) in [5.41, 5.74) is 1.57. The summed E-state index contributed by atoms with van der Waals surface area (Å²) >= 11 is 5.80. The van der Waals surface area contributed by atoms with Crippen molar-refractivity contribution < 1.29 is 9.13 Å². The van der Waals surface area contributed by atoms with E-state index in [1.54, 1.807) is 31.5 Å². The highest BCUT2D eigenvalue weighted by atomic mass is 35.5. The number of aryl methyl sites for hydroxylation is 1. The Morgan fingerprint density at radius 3 is 2.83 bits per heavy atom. The van der Waals surface area contributed by atoms with Crippen LogP contribution in [0, 0.1) is 12.7 Å². The van der Waals surface area contributed by atoms with Crippen molar-refractivity contribution in [2.24, 2.45) is 0 Å². The summed E-state index contributed by atoms with van der Waals surface area (Å²) in [4.78, 5) is 12.9. The number of fused-ring (bicyclic) bond motifs is 1. The van der Waals surface area contributed by atoms with Crippen molar-refractivity contribution in [1.82, 2.24) is 15.0 Å². The van der Waals surface area contributed by atoms with E-state index in [1.165, 1.54) is 6.07 Å². The first-order valence-corrected chi connectivity index (χ1v) is 7.31. The quantitative estimate of drug-likeness (QED) is 0.788. The molecule has 23 heavy (non-hydrogen) atoms. The lowest BCUT2D eigenvalue weighted by atomic mass is 10.2. The number of anilines is 1. The first-order chi connectivity index (χ1) is 11.1. The van der Waals surface area contributed by atoms with E-state index in [9.17, 15) is 4.39 Å². The molecule has 0 bridgehead atoms. The number of pyridine rings is 1. The largest absolute Gasteiger partial charge is 0.481 e. The van der Waals surface area contributed by atoms with Gasteiger partial charge in [0.2, 0.25) is 5.88 Å². The Labute approximate surface area is 137 Å². The number of methoxy groups -OCH3 is 1. The lowest BCUT2D eigenvalue weighted by Gasteiger charge is -2.10. The highest BCUT2D eigenvalue weighted by molar-refractivity contribution is 6.30. The molecule has 0 aliphatic rings. The van der Waals surface area contributed by atoms with E-state index in [-0.39, 0.29) is 5.02 Å². The molecule has 118 valence electrons. The summed E-state index contributed by atoms with van der Waals surface area (Å²) in [7, 11) is 1.55. The number of nitrogens with one attached hydrogen (secondary N) is 1. The van der Waals surface area contributed by atoms with Crippen molar-refractivity contribution in [1.29, 1.82) is 0 Å². The van der Waals surface area contributed by atoms with Gasteiger partial charge in [0.15, 0.2) is 0 Å². The summed E-state index contributed by atoms with van der Waals surface area (Å²) in [6, 6.07) is 6.37. The summed E-state index contributed by atoms with van der Waals surface area (Å²) in [5.74, 6) is 1.34. The lowest BCUT2D eigenvalue weighted by Crippen LogP contribution is -2.05. The molecule has 2 aromatic heterocycles. The van der Waals surface area contributed by atoms with Crippen molar-refractivity contribution in [2.75, 3.05) is 12.4 Å². The second-order valence-electron chi connectivity index (χ2n) is 4.97. The van der Waals surface area contributed by atoms with Crippen molar-refractivity contribution in [3.8, 4) is 5.88 Å². The number of nitrogens with zero attached hydrogens (tertiary/aromatic N) is 3. The molecule has 5 nitrogen and oxygen atoms in total. The molecule has 0 radical (unpaired) electrons. The average Bonchev–Trinajstić information content (AvgIpc) is 2.55. The van der Waals surface area contributed by atoms with Crippen LogP contribution in [0.3, 0.4) is 0 Å². The molecule has 7 heteroatoms. The number of halogens is 2. The van der Waals surface area contributed by atoms with Crippen LogP contribution in [-0.4, -0.2) is 22.1 Å². The molecule has 0 unspecified atom stereocenters. The van der Waals surface area contributed by atoms with Crippen molar-refractivity contribution in [3.63, 3.8) is 0 Å². The van der Waals surface area contributed by atoms with Crippen LogP contribution >= 0.6 is 11.6 Å². The molecule has 0 aliphatic heterocycles. The van der Waals surface area contributed by atoms with Gasteiger partial charge in [-0.15, -0.1) is 0 Å². The van der Waals surface area contributed by atoms with E-state index in [2.05, 4.69) is 20.3 Å². The van der Waals surface area contributed by atoms with Crippen molar-refractivity contribution >= 4 is 28.3 Å². The molecular weight excluding hydrogens is 319 g/mol. The first kappa shape index (κ1) is 15.4. The fourth-order valence-corrected chi connectivity index (χ4v) is 2.41. The minimum absolute atomic E-state index is 0.0962. The zero-order chi connectivity index (χ0) is 16.4. The maximum atomic E-state index is 13.2. The molecule has 1 N–H and O–H groups in total. The number of hydrogen-bond acceptors (Lipinski definition) is 5. The average molecular weight is 333 g/mol. The molecule has 2 heterocycles. The minimum Gasteiger partial charge on any atom is -0.481 e. The number of rotatable bonds is 4. The van der Waals surface area contributed by atoms with Gasteiger partial charge in [-0.3, -0.25) is 0 Å². The summed E-state index contributed by atoms with van der Waals surface area (Å²) in [6.45, 7) is 2.26. The van der Waals surface area contributed by atoms with Gasteiger partial charge in [0.1, 0.15) is 17.5 Å². The third-order valence-corrected chi connectivity index (χ3v) is 3.61. The van der Waals surface area contributed by atoms with Crippen LogP contribution in [0.5, 0.6) is 5.88 Å². The van der Waals surface area contributed by atoms with E-state index in [4.69, 9.17) is 16.3 Å². The second-order valence-corrected chi connectivity index (χ2v) is 5.37. The number of hydrogen-bond donors (Lipinski definition) is 1. The van der Waals surface area contributed by atoms with Crippen LogP contribution in [-0.2, 0) is 6.54 Å². The maximum absolute atomic E-state index is 13.2. The Hall–Kier alpha value is -2.47. The highest BCUT2D eigenvalue weighted by Crippen LogP contribution is 2.24. The topological polar surface area (TPSA) is 59.9 Å². The molecule has 0 saturated carbocycles. The van der Waals surface area contributed by atoms with E-state index < -0.39 is 5.82 Å². The summed E-state index contributed by atoms with van der Waals surface area (Å²) in [5, 5.41) is 4.12. The Morgan fingerprint density at radius 2 is 2.09 bits per heavy atom. The highest BCUT2D eigenvalue weighted by Gasteiger charge is 2.09. The van der Waals surface area contributed by atoms with Gasteiger partial charge in [-0.2, -0.15) is 0 Å². The fourth-order valence-electron chi connectivity index (χ4n) is 2.21. The molecule has 0 spiro atoms. The van der Waals surface area contributed by atoms with Crippen LogP contribution in [0.4, 0.5) is 10.2 Å². The summed E-state index contributed by atoms with van der Waals surface area (Å²) in [6.07, 6.45) is 1.64.